The molecule has 24 heavy (non-hydrogen) atoms. The van der Waals surface area contributed by atoms with E-state index in [0.29, 0.717) is 12.0 Å². The summed E-state index contributed by atoms with van der Waals surface area (Å²) in [7, 11) is -1.47. The molecule has 2 atom stereocenters. The van der Waals surface area contributed by atoms with E-state index in [-0.39, 0.29) is 18.6 Å². The van der Waals surface area contributed by atoms with Crippen LogP contribution in [0.4, 0.5) is 0 Å². The van der Waals surface area contributed by atoms with Gasteiger partial charge in [0.1, 0.15) is 12.4 Å². The van der Waals surface area contributed by atoms with Crippen LogP contribution in [0.5, 0.6) is 5.75 Å². The van der Waals surface area contributed by atoms with Crippen molar-refractivity contribution in [3.8, 4) is 5.75 Å². The first-order valence-corrected chi connectivity index (χ1v) is 10.2. The van der Waals surface area contributed by atoms with E-state index in [2.05, 4.69) is 0 Å². The van der Waals surface area contributed by atoms with Crippen LogP contribution in [0, 0.1) is 0 Å². The molecule has 1 fully saturated rings. The fourth-order valence-corrected chi connectivity index (χ4v) is 5.12. The summed E-state index contributed by atoms with van der Waals surface area (Å²) in [6.07, 6.45) is 6.32. The number of likely N-dealkylation sites (N-methyl/N-ethyl adjacent to an activating group) is 1. The van der Waals surface area contributed by atoms with Crippen LogP contribution in [0.3, 0.4) is 0 Å². The molecule has 0 N–H and O–H groups in total. The summed E-state index contributed by atoms with van der Waals surface area (Å²) >= 11 is 0. The summed E-state index contributed by atoms with van der Waals surface area (Å²) in [5.74, 6) is 0.619. The number of carbonyl (C=O) groups excluding carboxylic acids is 1. The maximum absolute atomic E-state index is 12.9. The number of rotatable bonds is 3. The number of amides is 1. The van der Waals surface area contributed by atoms with Gasteiger partial charge in [-0.05, 0) is 25.0 Å². The maximum atomic E-state index is 12.9. The van der Waals surface area contributed by atoms with Crippen LogP contribution in [-0.4, -0.2) is 50.4 Å². The Balaban J connectivity index is 1.83. The lowest BCUT2D eigenvalue weighted by Crippen LogP contribution is -2.50. The van der Waals surface area contributed by atoms with E-state index in [9.17, 15) is 13.2 Å². The molecular weight excluding hydrogens is 326 g/mol. The van der Waals surface area contributed by atoms with Crippen molar-refractivity contribution in [2.24, 2.45) is 0 Å². The molecule has 1 aliphatic heterocycles. The number of hydrogen-bond acceptors (Lipinski definition) is 4. The third-order valence-electron chi connectivity index (χ3n) is 4.94. The molecule has 1 aromatic rings. The number of sulfone groups is 1. The zero-order chi connectivity index (χ0) is 17.3. The number of carbonyl (C=O) groups is 1. The highest BCUT2D eigenvalue weighted by Gasteiger charge is 2.37. The van der Waals surface area contributed by atoms with E-state index in [1.54, 1.807) is 11.9 Å². The molecule has 0 radical (unpaired) electrons. The summed E-state index contributed by atoms with van der Waals surface area (Å²) < 4.78 is 29.8. The molecule has 2 aliphatic rings. The Kier molecular flexibility index (Phi) is 4.67. The van der Waals surface area contributed by atoms with Gasteiger partial charge in [-0.1, -0.05) is 31.0 Å². The third kappa shape index (κ3) is 3.34. The molecule has 0 spiro atoms. The van der Waals surface area contributed by atoms with E-state index in [1.165, 1.54) is 6.26 Å². The van der Waals surface area contributed by atoms with E-state index in [0.717, 1.165) is 30.6 Å². The van der Waals surface area contributed by atoms with Crippen molar-refractivity contribution >= 4 is 21.8 Å². The van der Waals surface area contributed by atoms with Crippen molar-refractivity contribution in [1.29, 1.82) is 0 Å². The minimum atomic E-state index is -3.18. The topological polar surface area (TPSA) is 63.7 Å². The Labute approximate surface area is 143 Å². The van der Waals surface area contributed by atoms with Crippen molar-refractivity contribution in [3.05, 3.63) is 35.4 Å². The second-order valence-electron chi connectivity index (χ2n) is 6.63. The monoisotopic (exact) mass is 349 g/mol. The average molecular weight is 349 g/mol. The Bertz CT molecular complexity index is 769. The highest BCUT2D eigenvalue weighted by molar-refractivity contribution is 7.91. The van der Waals surface area contributed by atoms with Crippen molar-refractivity contribution in [3.63, 3.8) is 0 Å². The molecule has 130 valence electrons. The average Bonchev–Trinajstić information content (AvgIpc) is 2.59. The Morgan fingerprint density at radius 2 is 1.92 bits per heavy atom. The standard InChI is InChI=1S/C18H23NO4S/c1-19(15-8-4-6-10-17(15)24(2,21)22)18(20)14-11-13-7-3-5-9-16(13)23-12-14/h3,5,7,9,11,15,17H,4,6,8,10,12H2,1-2H3/t15-,17-/m0/s1. The molecule has 1 aliphatic carbocycles. The van der Waals surface area contributed by atoms with Crippen LogP contribution >= 0.6 is 0 Å². The summed E-state index contributed by atoms with van der Waals surface area (Å²) in [4.78, 5) is 14.5. The minimum Gasteiger partial charge on any atom is -0.488 e. The predicted octanol–water partition coefficient (Wildman–Crippen LogP) is 2.28. The van der Waals surface area contributed by atoms with Crippen LogP contribution in [0.1, 0.15) is 31.2 Å². The fraction of sp³-hybridized carbons (Fsp3) is 0.500. The number of para-hydroxylation sites is 1. The van der Waals surface area contributed by atoms with Crippen LogP contribution in [0.2, 0.25) is 0 Å². The largest absolute Gasteiger partial charge is 0.488 e. The summed E-state index contributed by atoms with van der Waals surface area (Å²) in [6, 6.07) is 7.31. The molecular formula is C18H23NO4S. The maximum Gasteiger partial charge on any atom is 0.253 e. The smallest absolute Gasteiger partial charge is 0.253 e. The SMILES string of the molecule is CN(C(=O)C1=Cc2ccccc2OC1)[C@H]1CCCC[C@@H]1S(C)(=O)=O. The van der Waals surface area contributed by atoms with Gasteiger partial charge in [-0.25, -0.2) is 8.42 Å². The normalized spacial score (nSPS) is 23.7. The van der Waals surface area contributed by atoms with E-state index >= 15 is 0 Å². The lowest BCUT2D eigenvalue weighted by Gasteiger charge is -2.37. The van der Waals surface area contributed by atoms with Crippen molar-refractivity contribution in [2.75, 3.05) is 19.9 Å². The Morgan fingerprint density at radius 3 is 2.67 bits per heavy atom. The lowest BCUT2D eigenvalue weighted by atomic mass is 9.93. The first kappa shape index (κ1) is 17.0. The highest BCUT2D eigenvalue weighted by atomic mass is 32.2. The van der Waals surface area contributed by atoms with Crippen molar-refractivity contribution < 1.29 is 17.9 Å². The Morgan fingerprint density at radius 1 is 1.21 bits per heavy atom. The number of benzene rings is 1. The quantitative estimate of drug-likeness (QED) is 0.840. The molecule has 1 aromatic carbocycles. The van der Waals surface area contributed by atoms with Crippen molar-refractivity contribution in [2.45, 2.75) is 37.0 Å². The first-order valence-electron chi connectivity index (χ1n) is 8.26. The zero-order valence-electron chi connectivity index (χ0n) is 14.1. The summed E-state index contributed by atoms with van der Waals surface area (Å²) in [6.45, 7) is 0.219. The van der Waals surface area contributed by atoms with Gasteiger partial charge in [-0.15, -0.1) is 0 Å². The molecule has 0 unspecified atom stereocenters. The van der Waals surface area contributed by atoms with E-state index in [4.69, 9.17) is 4.74 Å². The van der Waals surface area contributed by atoms with Gasteiger partial charge >= 0.3 is 0 Å². The molecule has 1 amide bonds. The number of hydrogen-bond donors (Lipinski definition) is 0. The molecule has 0 bridgehead atoms. The zero-order valence-corrected chi connectivity index (χ0v) is 14.9. The fourth-order valence-electron chi connectivity index (χ4n) is 3.64. The van der Waals surface area contributed by atoms with Gasteiger partial charge in [-0.3, -0.25) is 4.79 Å². The minimum absolute atomic E-state index is 0.148. The van der Waals surface area contributed by atoms with Gasteiger partial charge < -0.3 is 9.64 Å². The van der Waals surface area contributed by atoms with Gasteiger partial charge in [0.15, 0.2) is 9.84 Å². The molecule has 3 rings (SSSR count). The number of nitrogens with zero attached hydrogens (tertiary/aromatic N) is 1. The van der Waals surface area contributed by atoms with Crippen LogP contribution < -0.4 is 4.74 Å². The number of fused-ring (bicyclic) bond motifs is 1. The Hall–Kier alpha value is -1.82. The molecule has 5 nitrogen and oxygen atoms in total. The first-order chi connectivity index (χ1) is 11.4. The van der Waals surface area contributed by atoms with Gasteiger partial charge in [0.2, 0.25) is 0 Å². The molecule has 1 saturated carbocycles. The highest BCUT2D eigenvalue weighted by Crippen LogP contribution is 2.30. The second kappa shape index (κ2) is 6.59. The van der Waals surface area contributed by atoms with Crippen LogP contribution in [0.25, 0.3) is 6.08 Å². The van der Waals surface area contributed by atoms with Gasteiger partial charge in [-0.2, -0.15) is 0 Å². The second-order valence-corrected chi connectivity index (χ2v) is 8.90. The predicted molar refractivity (Wildman–Crippen MR) is 93.6 cm³/mol. The molecule has 0 saturated heterocycles. The third-order valence-corrected chi connectivity index (χ3v) is 6.59. The van der Waals surface area contributed by atoms with Gasteiger partial charge in [0, 0.05) is 24.9 Å². The molecule has 0 aromatic heterocycles. The van der Waals surface area contributed by atoms with Crippen molar-refractivity contribution in [1.82, 2.24) is 4.90 Å². The van der Waals surface area contributed by atoms with Gasteiger partial charge in [0.05, 0.1) is 10.8 Å². The van der Waals surface area contributed by atoms with Gasteiger partial charge in [0.25, 0.3) is 5.91 Å². The van der Waals surface area contributed by atoms with Crippen LogP contribution in [-0.2, 0) is 14.6 Å². The van der Waals surface area contributed by atoms with Crippen LogP contribution in [0.15, 0.2) is 29.8 Å². The molecule has 1 heterocycles. The summed E-state index contributed by atoms with van der Waals surface area (Å²) in [5, 5.41) is -0.474. The lowest BCUT2D eigenvalue weighted by molar-refractivity contribution is -0.128. The van der Waals surface area contributed by atoms with E-state index < -0.39 is 15.1 Å². The summed E-state index contributed by atoms with van der Waals surface area (Å²) in [5.41, 5.74) is 1.44. The molecule has 6 heteroatoms. The van der Waals surface area contributed by atoms with E-state index in [1.807, 2.05) is 30.3 Å². The number of ether oxygens (including phenoxy) is 1.